The van der Waals surface area contributed by atoms with Crippen LogP contribution >= 0.6 is 0 Å². The summed E-state index contributed by atoms with van der Waals surface area (Å²) in [6, 6.07) is 0. The molecule has 0 fully saturated rings. The topological polar surface area (TPSA) is 49.3 Å². The summed E-state index contributed by atoms with van der Waals surface area (Å²) in [5.41, 5.74) is -0.430. The normalized spacial score (nSPS) is 15.6. The zero-order valence-electron chi connectivity index (χ0n) is 7.48. The van der Waals surface area contributed by atoms with Gasteiger partial charge in [-0.25, -0.2) is 0 Å². The van der Waals surface area contributed by atoms with Crippen molar-refractivity contribution < 1.29 is 9.90 Å². The average Bonchev–Trinajstić information content (AvgIpc) is 1.87. The van der Waals surface area contributed by atoms with E-state index in [2.05, 4.69) is 5.32 Å². The van der Waals surface area contributed by atoms with Gasteiger partial charge in [0.1, 0.15) is 0 Å². The molecule has 0 aromatic heterocycles. The van der Waals surface area contributed by atoms with E-state index in [1.54, 1.807) is 0 Å². The van der Waals surface area contributed by atoms with Gasteiger partial charge in [0.15, 0.2) is 0 Å². The standard InChI is InChI=1S/C8H17NO2/c1-4-5-8(3,6-10)9-7(2)11/h10H,4-6H2,1-3H3,(H,9,11). The molecule has 1 unspecified atom stereocenters. The highest BCUT2D eigenvalue weighted by atomic mass is 16.3. The Morgan fingerprint density at radius 1 is 1.64 bits per heavy atom. The predicted molar refractivity (Wildman–Crippen MR) is 44.2 cm³/mol. The molecule has 0 saturated carbocycles. The summed E-state index contributed by atoms with van der Waals surface area (Å²) >= 11 is 0. The molecule has 2 N–H and O–H groups in total. The van der Waals surface area contributed by atoms with Crippen LogP contribution in [0.5, 0.6) is 0 Å². The Hall–Kier alpha value is -0.570. The number of hydrogen-bond acceptors (Lipinski definition) is 2. The van der Waals surface area contributed by atoms with Crippen molar-refractivity contribution in [3.8, 4) is 0 Å². The lowest BCUT2D eigenvalue weighted by Crippen LogP contribution is -2.47. The van der Waals surface area contributed by atoms with Crippen molar-refractivity contribution in [2.45, 2.75) is 39.2 Å². The second kappa shape index (κ2) is 4.34. The average molecular weight is 159 g/mol. The summed E-state index contributed by atoms with van der Waals surface area (Å²) in [6.45, 7) is 5.33. The van der Waals surface area contributed by atoms with Crippen molar-refractivity contribution in [3.63, 3.8) is 0 Å². The van der Waals surface area contributed by atoms with Crippen LogP contribution in [0.1, 0.15) is 33.6 Å². The lowest BCUT2D eigenvalue weighted by Gasteiger charge is -2.27. The summed E-state index contributed by atoms with van der Waals surface area (Å²) in [4.78, 5) is 10.7. The largest absolute Gasteiger partial charge is 0.394 e. The number of carbonyl (C=O) groups is 1. The van der Waals surface area contributed by atoms with Gasteiger partial charge in [-0.2, -0.15) is 0 Å². The van der Waals surface area contributed by atoms with Crippen LogP contribution < -0.4 is 5.32 Å². The van der Waals surface area contributed by atoms with E-state index in [0.29, 0.717) is 0 Å². The third-order valence-corrected chi connectivity index (χ3v) is 1.63. The maximum atomic E-state index is 10.7. The third-order valence-electron chi connectivity index (χ3n) is 1.63. The molecule has 0 saturated heterocycles. The van der Waals surface area contributed by atoms with E-state index >= 15 is 0 Å². The molecular formula is C8H17NO2. The Balaban J connectivity index is 3.98. The molecular weight excluding hydrogens is 142 g/mol. The van der Waals surface area contributed by atoms with Gasteiger partial charge in [-0.1, -0.05) is 13.3 Å². The lowest BCUT2D eigenvalue weighted by atomic mass is 9.97. The number of aliphatic hydroxyl groups excluding tert-OH is 1. The highest BCUT2D eigenvalue weighted by molar-refractivity contribution is 5.73. The Kier molecular flexibility index (Phi) is 4.11. The fourth-order valence-electron chi connectivity index (χ4n) is 1.16. The van der Waals surface area contributed by atoms with Crippen molar-refractivity contribution in [2.24, 2.45) is 0 Å². The number of amides is 1. The third kappa shape index (κ3) is 3.98. The fraction of sp³-hybridized carbons (Fsp3) is 0.875. The molecule has 3 heteroatoms. The fourth-order valence-corrected chi connectivity index (χ4v) is 1.16. The van der Waals surface area contributed by atoms with Gasteiger partial charge in [0.05, 0.1) is 12.1 Å². The summed E-state index contributed by atoms with van der Waals surface area (Å²) in [5.74, 6) is -0.0880. The zero-order valence-corrected chi connectivity index (χ0v) is 7.48. The summed E-state index contributed by atoms with van der Waals surface area (Å²) in [6.07, 6.45) is 1.76. The smallest absolute Gasteiger partial charge is 0.217 e. The Morgan fingerprint density at radius 2 is 2.18 bits per heavy atom. The first-order valence-corrected chi connectivity index (χ1v) is 3.93. The highest BCUT2D eigenvalue weighted by Gasteiger charge is 2.22. The van der Waals surface area contributed by atoms with Gasteiger partial charge in [0.25, 0.3) is 0 Å². The van der Waals surface area contributed by atoms with Crippen LogP contribution in [0.25, 0.3) is 0 Å². The van der Waals surface area contributed by atoms with Gasteiger partial charge in [-0.3, -0.25) is 4.79 Å². The minimum Gasteiger partial charge on any atom is -0.394 e. The van der Waals surface area contributed by atoms with Gasteiger partial charge >= 0.3 is 0 Å². The van der Waals surface area contributed by atoms with E-state index in [4.69, 9.17) is 5.11 Å². The molecule has 0 spiro atoms. The van der Waals surface area contributed by atoms with Crippen LogP contribution in [0.3, 0.4) is 0 Å². The Bertz CT molecular complexity index is 136. The van der Waals surface area contributed by atoms with Gasteiger partial charge in [-0.05, 0) is 13.3 Å². The van der Waals surface area contributed by atoms with Crippen LogP contribution in [0.4, 0.5) is 0 Å². The van der Waals surface area contributed by atoms with Crippen LogP contribution in [0.2, 0.25) is 0 Å². The second-order valence-corrected chi connectivity index (χ2v) is 3.15. The van der Waals surface area contributed by atoms with Gasteiger partial charge < -0.3 is 10.4 Å². The molecule has 0 heterocycles. The summed E-state index contributed by atoms with van der Waals surface area (Å²) in [5, 5.41) is 11.7. The zero-order chi connectivity index (χ0) is 8.91. The molecule has 1 amide bonds. The van der Waals surface area contributed by atoms with E-state index < -0.39 is 5.54 Å². The Morgan fingerprint density at radius 3 is 2.45 bits per heavy atom. The SMILES string of the molecule is CCCC(C)(CO)NC(C)=O. The second-order valence-electron chi connectivity index (χ2n) is 3.15. The summed E-state index contributed by atoms with van der Waals surface area (Å²) < 4.78 is 0. The maximum Gasteiger partial charge on any atom is 0.217 e. The molecule has 0 aliphatic carbocycles. The first-order valence-electron chi connectivity index (χ1n) is 3.93. The number of aliphatic hydroxyl groups is 1. The molecule has 11 heavy (non-hydrogen) atoms. The number of hydrogen-bond donors (Lipinski definition) is 2. The van der Waals surface area contributed by atoms with E-state index in [0.717, 1.165) is 12.8 Å². The van der Waals surface area contributed by atoms with Crippen molar-refractivity contribution in [3.05, 3.63) is 0 Å². The number of nitrogens with one attached hydrogen (secondary N) is 1. The van der Waals surface area contributed by atoms with Crippen LogP contribution in [0.15, 0.2) is 0 Å². The lowest BCUT2D eigenvalue weighted by molar-refractivity contribution is -0.121. The molecule has 0 bridgehead atoms. The van der Waals surface area contributed by atoms with E-state index in [1.165, 1.54) is 6.92 Å². The van der Waals surface area contributed by atoms with E-state index in [9.17, 15) is 4.79 Å². The highest BCUT2D eigenvalue weighted by Crippen LogP contribution is 2.10. The predicted octanol–water partition coefficient (Wildman–Crippen LogP) is 0.674. The minimum absolute atomic E-state index is 0.000417. The number of rotatable bonds is 4. The molecule has 0 aliphatic heterocycles. The van der Waals surface area contributed by atoms with Gasteiger partial charge in [0.2, 0.25) is 5.91 Å². The minimum atomic E-state index is -0.430. The number of carbonyl (C=O) groups excluding carboxylic acids is 1. The van der Waals surface area contributed by atoms with Gasteiger partial charge in [0, 0.05) is 6.92 Å². The quantitative estimate of drug-likeness (QED) is 0.633. The van der Waals surface area contributed by atoms with Crippen molar-refractivity contribution in [1.29, 1.82) is 0 Å². The monoisotopic (exact) mass is 159 g/mol. The molecule has 66 valence electrons. The van der Waals surface area contributed by atoms with Crippen LogP contribution in [-0.2, 0) is 4.79 Å². The summed E-state index contributed by atoms with van der Waals surface area (Å²) in [7, 11) is 0. The first kappa shape index (κ1) is 10.4. The molecule has 1 atom stereocenters. The van der Waals surface area contributed by atoms with E-state index in [-0.39, 0.29) is 12.5 Å². The van der Waals surface area contributed by atoms with Crippen molar-refractivity contribution >= 4 is 5.91 Å². The van der Waals surface area contributed by atoms with Crippen LogP contribution in [0, 0.1) is 0 Å². The molecule has 0 radical (unpaired) electrons. The Labute approximate surface area is 67.8 Å². The molecule has 0 aliphatic rings. The maximum absolute atomic E-state index is 10.7. The van der Waals surface area contributed by atoms with Crippen molar-refractivity contribution in [2.75, 3.05) is 6.61 Å². The van der Waals surface area contributed by atoms with E-state index in [1.807, 2.05) is 13.8 Å². The molecule has 0 aromatic rings. The molecule has 0 rings (SSSR count). The van der Waals surface area contributed by atoms with Crippen molar-refractivity contribution in [1.82, 2.24) is 5.32 Å². The first-order chi connectivity index (χ1) is 5.04. The molecule has 0 aromatic carbocycles. The molecule has 3 nitrogen and oxygen atoms in total. The van der Waals surface area contributed by atoms with Crippen LogP contribution in [-0.4, -0.2) is 23.2 Å². The van der Waals surface area contributed by atoms with Gasteiger partial charge in [-0.15, -0.1) is 0 Å².